The molecule has 2 aromatic heterocycles. The standard InChI is InChI=1S/C21H25N5O2S/c1-28-18-11-7-10-17(14-18)22-19(27)15-25-21(29)26(24-12-5-6-13-24)20(23-25)16-8-3-2-4-9-16/h5-7,10-14,16H,2-4,8-9,15H2,1H3,(H,22,27). The third kappa shape index (κ3) is 4.27. The molecule has 1 aliphatic rings. The van der Waals surface area contributed by atoms with Crippen LogP contribution in [0.3, 0.4) is 0 Å². The average Bonchev–Trinajstić information content (AvgIpc) is 3.37. The molecule has 0 aliphatic heterocycles. The molecule has 7 nitrogen and oxygen atoms in total. The SMILES string of the molecule is COc1cccc(NC(=O)Cn2nc(C3CCCCC3)n(-n3cccc3)c2=S)c1. The Kier molecular flexibility index (Phi) is 5.80. The lowest BCUT2D eigenvalue weighted by Gasteiger charge is -2.21. The summed E-state index contributed by atoms with van der Waals surface area (Å²) in [6, 6.07) is 11.2. The molecule has 0 spiro atoms. The average molecular weight is 412 g/mol. The van der Waals surface area contributed by atoms with Gasteiger partial charge in [-0.15, -0.1) is 0 Å². The van der Waals surface area contributed by atoms with Gasteiger partial charge in [0.25, 0.3) is 0 Å². The number of methoxy groups -OCH3 is 1. The van der Waals surface area contributed by atoms with Crippen LogP contribution in [0.1, 0.15) is 43.8 Å². The van der Waals surface area contributed by atoms with Gasteiger partial charge in [-0.3, -0.25) is 9.47 Å². The van der Waals surface area contributed by atoms with Crippen molar-refractivity contribution < 1.29 is 9.53 Å². The van der Waals surface area contributed by atoms with Crippen LogP contribution in [-0.4, -0.2) is 32.1 Å². The number of hydrogen-bond donors (Lipinski definition) is 1. The number of ether oxygens (including phenoxy) is 1. The predicted molar refractivity (Wildman–Crippen MR) is 114 cm³/mol. The first-order valence-corrected chi connectivity index (χ1v) is 10.3. The maximum Gasteiger partial charge on any atom is 0.246 e. The second-order valence-corrected chi connectivity index (χ2v) is 7.65. The third-order valence-corrected chi connectivity index (χ3v) is 5.66. The Morgan fingerprint density at radius 1 is 1.21 bits per heavy atom. The van der Waals surface area contributed by atoms with E-state index in [0.717, 1.165) is 18.7 Å². The van der Waals surface area contributed by atoms with Crippen LogP contribution in [0.15, 0.2) is 48.8 Å². The molecule has 2 heterocycles. The van der Waals surface area contributed by atoms with Gasteiger partial charge >= 0.3 is 0 Å². The molecule has 0 radical (unpaired) electrons. The summed E-state index contributed by atoms with van der Waals surface area (Å²) in [6.07, 6.45) is 9.77. The summed E-state index contributed by atoms with van der Waals surface area (Å²) in [5.74, 6) is 1.80. The molecule has 0 unspecified atom stereocenters. The fourth-order valence-corrected chi connectivity index (χ4v) is 4.14. The van der Waals surface area contributed by atoms with Gasteiger partial charge in [0.2, 0.25) is 10.7 Å². The maximum atomic E-state index is 12.6. The Balaban J connectivity index is 1.60. The molecule has 1 amide bonds. The van der Waals surface area contributed by atoms with E-state index in [9.17, 15) is 4.79 Å². The number of nitrogens with zero attached hydrogens (tertiary/aromatic N) is 4. The first-order valence-electron chi connectivity index (χ1n) is 9.93. The Bertz CT molecular complexity index is 1030. The lowest BCUT2D eigenvalue weighted by Crippen LogP contribution is -2.20. The van der Waals surface area contributed by atoms with E-state index >= 15 is 0 Å². The number of amides is 1. The van der Waals surface area contributed by atoms with Crippen LogP contribution in [0.25, 0.3) is 0 Å². The van der Waals surface area contributed by atoms with E-state index in [0.29, 0.717) is 22.1 Å². The zero-order valence-corrected chi connectivity index (χ0v) is 17.3. The lowest BCUT2D eigenvalue weighted by atomic mass is 9.89. The zero-order chi connectivity index (χ0) is 20.2. The Morgan fingerprint density at radius 3 is 2.69 bits per heavy atom. The minimum atomic E-state index is -0.179. The second kappa shape index (κ2) is 8.65. The Hall–Kier alpha value is -2.87. The largest absolute Gasteiger partial charge is 0.497 e. The van der Waals surface area contributed by atoms with Crippen molar-refractivity contribution in [3.63, 3.8) is 0 Å². The summed E-state index contributed by atoms with van der Waals surface area (Å²) in [5.41, 5.74) is 0.679. The van der Waals surface area contributed by atoms with Crippen LogP contribution in [0.4, 0.5) is 5.69 Å². The van der Waals surface area contributed by atoms with Gasteiger partial charge in [-0.05, 0) is 49.3 Å². The van der Waals surface area contributed by atoms with Gasteiger partial charge in [-0.2, -0.15) is 5.10 Å². The predicted octanol–water partition coefficient (Wildman–Crippen LogP) is 4.22. The van der Waals surface area contributed by atoms with Crippen LogP contribution in [0, 0.1) is 4.77 Å². The highest BCUT2D eigenvalue weighted by Crippen LogP contribution is 2.32. The van der Waals surface area contributed by atoms with E-state index in [1.54, 1.807) is 17.9 Å². The molecule has 1 saturated carbocycles. The minimum absolute atomic E-state index is 0.0596. The number of carbonyl (C=O) groups is 1. The van der Waals surface area contributed by atoms with Gasteiger partial charge in [0.15, 0.2) is 5.82 Å². The normalized spacial score (nSPS) is 14.7. The molecule has 8 heteroatoms. The van der Waals surface area contributed by atoms with Gasteiger partial charge in [0.1, 0.15) is 12.3 Å². The summed E-state index contributed by atoms with van der Waals surface area (Å²) < 4.78 is 11.2. The number of anilines is 1. The summed E-state index contributed by atoms with van der Waals surface area (Å²) in [7, 11) is 1.60. The lowest BCUT2D eigenvalue weighted by molar-refractivity contribution is -0.116. The van der Waals surface area contributed by atoms with Gasteiger partial charge in [-0.1, -0.05) is 25.3 Å². The van der Waals surface area contributed by atoms with Crippen LogP contribution in [0.5, 0.6) is 5.75 Å². The quantitative estimate of drug-likeness (QED) is 0.617. The highest BCUT2D eigenvalue weighted by molar-refractivity contribution is 7.71. The number of rotatable bonds is 6. The molecular formula is C21H25N5O2S. The Labute approximate surface area is 174 Å². The van der Waals surface area contributed by atoms with Crippen LogP contribution < -0.4 is 10.1 Å². The monoisotopic (exact) mass is 411 g/mol. The van der Waals surface area contributed by atoms with Crippen LogP contribution in [0.2, 0.25) is 0 Å². The topological polar surface area (TPSA) is 66.0 Å². The molecule has 0 atom stereocenters. The highest BCUT2D eigenvalue weighted by atomic mass is 32.1. The summed E-state index contributed by atoms with van der Waals surface area (Å²) in [5, 5.41) is 7.67. The fourth-order valence-electron chi connectivity index (χ4n) is 3.85. The second-order valence-electron chi connectivity index (χ2n) is 7.29. The number of benzene rings is 1. The zero-order valence-electron chi connectivity index (χ0n) is 16.5. The fraction of sp³-hybridized carbons (Fsp3) is 0.381. The molecular weight excluding hydrogens is 386 g/mol. The van der Waals surface area contributed by atoms with Crippen molar-refractivity contribution in [1.82, 2.24) is 19.1 Å². The molecule has 1 fully saturated rings. The molecule has 0 saturated heterocycles. The number of aromatic nitrogens is 4. The molecule has 0 bridgehead atoms. The summed E-state index contributed by atoms with van der Waals surface area (Å²) >= 11 is 5.70. The molecule has 1 aliphatic carbocycles. The van der Waals surface area contributed by atoms with Crippen molar-refractivity contribution in [1.29, 1.82) is 0 Å². The van der Waals surface area contributed by atoms with Crippen molar-refractivity contribution >= 4 is 23.8 Å². The minimum Gasteiger partial charge on any atom is -0.497 e. The van der Waals surface area contributed by atoms with Crippen LogP contribution in [-0.2, 0) is 11.3 Å². The maximum absolute atomic E-state index is 12.6. The van der Waals surface area contributed by atoms with Crippen molar-refractivity contribution in [3.8, 4) is 5.75 Å². The summed E-state index contributed by atoms with van der Waals surface area (Å²) in [6.45, 7) is 0.0596. The van der Waals surface area contributed by atoms with E-state index in [1.807, 2.05) is 52.1 Å². The van der Waals surface area contributed by atoms with Gasteiger partial charge in [-0.25, -0.2) is 9.36 Å². The van der Waals surface area contributed by atoms with Crippen molar-refractivity contribution in [2.24, 2.45) is 0 Å². The summed E-state index contributed by atoms with van der Waals surface area (Å²) in [4.78, 5) is 12.6. The molecule has 3 aromatic rings. The first-order chi connectivity index (χ1) is 14.2. The molecule has 152 valence electrons. The molecule has 29 heavy (non-hydrogen) atoms. The first kappa shape index (κ1) is 19.4. The number of carbonyl (C=O) groups excluding carboxylic acids is 1. The van der Waals surface area contributed by atoms with Crippen molar-refractivity contribution in [2.45, 2.75) is 44.6 Å². The number of nitrogens with one attached hydrogen (secondary N) is 1. The van der Waals surface area contributed by atoms with E-state index in [-0.39, 0.29) is 12.5 Å². The molecule has 1 aromatic carbocycles. The Morgan fingerprint density at radius 2 is 1.97 bits per heavy atom. The smallest absolute Gasteiger partial charge is 0.246 e. The van der Waals surface area contributed by atoms with Gasteiger partial charge in [0.05, 0.1) is 7.11 Å². The number of hydrogen-bond acceptors (Lipinski definition) is 4. The van der Waals surface area contributed by atoms with Crippen molar-refractivity contribution in [2.75, 3.05) is 12.4 Å². The highest BCUT2D eigenvalue weighted by Gasteiger charge is 2.24. The van der Waals surface area contributed by atoms with Gasteiger partial charge in [0, 0.05) is 30.1 Å². The third-order valence-electron chi connectivity index (χ3n) is 5.28. The van der Waals surface area contributed by atoms with E-state index < -0.39 is 0 Å². The van der Waals surface area contributed by atoms with Crippen LogP contribution >= 0.6 is 12.2 Å². The molecule has 4 rings (SSSR count). The molecule has 1 N–H and O–H groups in total. The van der Waals surface area contributed by atoms with Gasteiger partial charge < -0.3 is 10.1 Å². The van der Waals surface area contributed by atoms with E-state index in [4.69, 9.17) is 22.1 Å². The van der Waals surface area contributed by atoms with E-state index in [2.05, 4.69) is 5.32 Å². The van der Waals surface area contributed by atoms with Crippen molar-refractivity contribution in [3.05, 3.63) is 59.4 Å². The van der Waals surface area contributed by atoms with E-state index in [1.165, 1.54) is 19.3 Å².